The summed E-state index contributed by atoms with van der Waals surface area (Å²) in [4.78, 5) is 23.7. The fraction of sp³-hybridized carbons (Fsp3) is 0.136. The first-order chi connectivity index (χ1) is 14.0. The summed E-state index contributed by atoms with van der Waals surface area (Å²) in [7, 11) is 0. The molecule has 7 heteroatoms. The average molecular weight is 389 g/mol. The predicted molar refractivity (Wildman–Crippen MR) is 109 cm³/mol. The number of ether oxygens (including phenoxy) is 1. The van der Waals surface area contributed by atoms with Crippen molar-refractivity contribution >= 4 is 34.5 Å². The highest BCUT2D eigenvalue weighted by Gasteiger charge is 2.14. The average Bonchev–Trinajstić information content (AvgIpc) is 3.03. The van der Waals surface area contributed by atoms with Crippen molar-refractivity contribution in [2.45, 2.75) is 13.5 Å². The zero-order valence-corrected chi connectivity index (χ0v) is 15.8. The second-order valence-corrected chi connectivity index (χ2v) is 6.21. The maximum atomic E-state index is 12.6. The van der Waals surface area contributed by atoms with Crippen molar-refractivity contribution in [1.82, 2.24) is 4.57 Å². The van der Waals surface area contributed by atoms with Crippen LogP contribution in [0.1, 0.15) is 12.5 Å². The molecule has 7 nitrogen and oxygen atoms in total. The van der Waals surface area contributed by atoms with Gasteiger partial charge < -0.3 is 19.7 Å². The van der Waals surface area contributed by atoms with Crippen LogP contribution in [0.4, 0.5) is 5.69 Å². The Morgan fingerprint density at radius 1 is 1.24 bits per heavy atom. The number of nitriles is 1. The number of carboxylic acid groups (broad SMARTS) is 1. The van der Waals surface area contributed by atoms with Crippen molar-refractivity contribution in [3.63, 3.8) is 0 Å². The number of aliphatic carboxylic acids is 1. The summed E-state index contributed by atoms with van der Waals surface area (Å²) in [6.07, 6.45) is 3.08. The molecule has 0 saturated heterocycles. The van der Waals surface area contributed by atoms with Crippen LogP contribution in [0.25, 0.3) is 17.0 Å². The van der Waals surface area contributed by atoms with Gasteiger partial charge in [0.1, 0.15) is 23.9 Å². The largest absolute Gasteiger partial charge is 0.494 e. The number of carbonyl (C=O) groups is 2. The number of hydrogen-bond donors (Lipinski definition) is 2. The van der Waals surface area contributed by atoms with Crippen molar-refractivity contribution in [1.29, 1.82) is 5.26 Å². The maximum Gasteiger partial charge on any atom is 0.323 e. The maximum absolute atomic E-state index is 12.6. The molecule has 0 atom stereocenters. The van der Waals surface area contributed by atoms with Gasteiger partial charge in [0, 0.05) is 34.4 Å². The summed E-state index contributed by atoms with van der Waals surface area (Å²) in [5.74, 6) is -0.922. The number of fused-ring (bicyclic) bond motifs is 1. The molecule has 0 radical (unpaired) electrons. The Balaban J connectivity index is 1.92. The zero-order chi connectivity index (χ0) is 20.8. The number of hydrogen-bond acceptors (Lipinski definition) is 4. The van der Waals surface area contributed by atoms with Crippen molar-refractivity contribution < 1.29 is 19.4 Å². The molecular formula is C22H19N3O4. The Kier molecular flexibility index (Phi) is 5.95. The van der Waals surface area contributed by atoms with Gasteiger partial charge in [-0.05, 0) is 31.2 Å². The monoisotopic (exact) mass is 389 g/mol. The van der Waals surface area contributed by atoms with Crippen molar-refractivity contribution in [2.24, 2.45) is 0 Å². The molecule has 0 fully saturated rings. The first-order valence-corrected chi connectivity index (χ1v) is 8.97. The number of carbonyl (C=O) groups excluding carboxylic acids is 1. The van der Waals surface area contributed by atoms with Crippen molar-refractivity contribution in [2.75, 3.05) is 11.9 Å². The van der Waals surface area contributed by atoms with Crippen LogP contribution in [-0.2, 0) is 16.1 Å². The van der Waals surface area contributed by atoms with E-state index in [1.54, 1.807) is 47.2 Å². The summed E-state index contributed by atoms with van der Waals surface area (Å²) in [5, 5.41) is 22.1. The van der Waals surface area contributed by atoms with Crippen molar-refractivity contribution in [3.05, 3.63) is 65.9 Å². The number of anilines is 1. The summed E-state index contributed by atoms with van der Waals surface area (Å²) >= 11 is 0. The third kappa shape index (κ3) is 4.62. The zero-order valence-electron chi connectivity index (χ0n) is 15.8. The molecule has 2 N–H and O–H groups in total. The minimum absolute atomic E-state index is 0.0926. The van der Waals surface area contributed by atoms with E-state index in [9.17, 15) is 14.9 Å². The van der Waals surface area contributed by atoms with Crippen molar-refractivity contribution in [3.8, 4) is 11.8 Å². The molecule has 0 spiro atoms. The van der Waals surface area contributed by atoms with Gasteiger partial charge in [0.2, 0.25) is 0 Å². The van der Waals surface area contributed by atoms with E-state index in [1.807, 2.05) is 25.1 Å². The van der Waals surface area contributed by atoms with Gasteiger partial charge in [0.25, 0.3) is 5.91 Å². The van der Waals surface area contributed by atoms with Crippen LogP contribution >= 0.6 is 0 Å². The van der Waals surface area contributed by atoms with Crippen LogP contribution in [0.15, 0.2) is 60.3 Å². The minimum atomic E-state index is -0.978. The van der Waals surface area contributed by atoms with Gasteiger partial charge in [-0.2, -0.15) is 5.26 Å². The summed E-state index contributed by atoms with van der Waals surface area (Å²) in [5.41, 5.74) is 1.72. The highest BCUT2D eigenvalue weighted by atomic mass is 16.5. The fourth-order valence-electron chi connectivity index (χ4n) is 3.00. The highest BCUT2D eigenvalue weighted by Crippen LogP contribution is 2.24. The molecular weight excluding hydrogens is 370 g/mol. The standard InChI is InChI=1S/C22H19N3O4/c1-2-29-18-7-5-6-17(11-18)24-22(28)15(12-23)10-16-13-25(14-21(26)27)20-9-4-3-8-19(16)20/h3-11,13H,2,14H2,1H3,(H,24,28)(H,26,27)/b15-10-. The number of amides is 1. The lowest BCUT2D eigenvalue weighted by Gasteiger charge is -2.07. The number of benzene rings is 2. The van der Waals surface area contributed by atoms with E-state index in [0.717, 1.165) is 5.39 Å². The number of nitrogens with one attached hydrogen (secondary N) is 1. The number of nitrogens with zero attached hydrogens (tertiary/aromatic N) is 2. The molecule has 3 rings (SSSR count). The third-order valence-corrected chi connectivity index (χ3v) is 4.19. The Hall–Kier alpha value is -4.05. The lowest BCUT2D eigenvalue weighted by molar-refractivity contribution is -0.137. The van der Waals surface area contributed by atoms with Gasteiger partial charge in [-0.15, -0.1) is 0 Å². The SMILES string of the molecule is CCOc1cccc(NC(=O)/C(C#N)=C\c2cn(CC(=O)O)c3ccccc23)c1. The smallest absolute Gasteiger partial charge is 0.323 e. The second kappa shape index (κ2) is 8.76. The van der Waals surface area contributed by atoms with E-state index in [0.29, 0.717) is 29.1 Å². The Morgan fingerprint density at radius 2 is 2.03 bits per heavy atom. The lowest BCUT2D eigenvalue weighted by Crippen LogP contribution is -2.13. The quantitative estimate of drug-likeness (QED) is 0.474. The Morgan fingerprint density at radius 3 is 2.76 bits per heavy atom. The predicted octanol–water partition coefficient (Wildman–Crippen LogP) is 3.67. The van der Waals surface area contributed by atoms with Crippen LogP contribution in [0, 0.1) is 11.3 Å². The van der Waals surface area contributed by atoms with Crippen LogP contribution in [0.5, 0.6) is 5.75 Å². The Labute approximate surface area is 167 Å². The molecule has 0 aliphatic rings. The molecule has 3 aromatic rings. The topological polar surface area (TPSA) is 104 Å². The highest BCUT2D eigenvalue weighted by molar-refractivity contribution is 6.10. The van der Waals surface area contributed by atoms with Crippen LogP contribution in [-0.4, -0.2) is 28.2 Å². The molecule has 0 unspecified atom stereocenters. The normalized spacial score (nSPS) is 11.1. The van der Waals surface area contributed by atoms with E-state index in [2.05, 4.69) is 5.32 Å². The number of carboxylic acids is 1. The first-order valence-electron chi connectivity index (χ1n) is 8.97. The van der Waals surface area contributed by atoms with Crippen LogP contribution in [0.2, 0.25) is 0 Å². The molecule has 1 heterocycles. The Bertz CT molecular complexity index is 1140. The molecule has 0 bridgehead atoms. The van der Waals surface area contributed by atoms with E-state index < -0.39 is 11.9 Å². The van der Waals surface area contributed by atoms with Crippen LogP contribution in [0.3, 0.4) is 0 Å². The minimum Gasteiger partial charge on any atom is -0.494 e. The third-order valence-electron chi connectivity index (χ3n) is 4.19. The van der Waals surface area contributed by atoms with E-state index >= 15 is 0 Å². The van der Waals surface area contributed by atoms with Gasteiger partial charge in [-0.3, -0.25) is 9.59 Å². The number of rotatable bonds is 7. The second-order valence-electron chi connectivity index (χ2n) is 6.21. The van der Waals surface area contributed by atoms with Gasteiger partial charge >= 0.3 is 5.97 Å². The first kappa shape index (κ1) is 19.7. The van der Waals surface area contributed by atoms with Gasteiger partial charge in [0.15, 0.2) is 0 Å². The molecule has 1 aromatic heterocycles. The molecule has 0 aliphatic heterocycles. The number of para-hydroxylation sites is 1. The molecule has 1 amide bonds. The lowest BCUT2D eigenvalue weighted by atomic mass is 10.1. The fourth-order valence-corrected chi connectivity index (χ4v) is 3.00. The van der Waals surface area contributed by atoms with E-state index in [4.69, 9.17) is 9.84 Å². The summed E-state index contributed by atoms with van der Waals surface area (Å²) < 4.78 is 6.98. The van der Waals surface area contributed by atoms with Crippen LogP contribution < -0.4 is 10.1 Å². The van der Waals surface area contributed by atoms with E-state index in [-0.39, 0.29) is 12.1 Å². The van der Waals surface area contributed by atoms with Gasteiger partial charge in [-0.25, -0.2) is 0 Å². The van der Waals surface area contributed by atoms with Gasteiger partial charge in [-0.1, -0.05) is 24.3 Å². The molecule has 146 valence electrons. The molecule has 0 saturated carbocycles. The molecule has 29 heavy (non-hydrogen) atoms. The molecule has 2 aromatic carbocycles. The summed E-state index contributed by atoms with van der Waals surface area (Å²) in [6, 6.07) is 16.0. The van der Waals surface area contributed by atoms with Gasteiger partial charge in [0.05, 0.1) is 6.61 Å². The summed E-state index contributed by atoms with van der Waals surface area (Å²) in [6.45, 7) is 2.15. The molecule has 0 aliphatic carbocycles. The number of aromatic nitrogens is 1. The van der Waals surface area contributed by atoms with E-state index in [1.165, 1.54) is 6.08 Å².